The van der Waals surface area contributed by atoms with Gasteiger partial charge in [0.05, 0.1) is 19.8 Å². The Labute approximate surface area is 93.1 Å². The summed E-state index contributed by atoms with van der Waals surface area (Å²) in [5, 5.41) is 19.4. The Balaban J connectivity index is 1.87. The van der Waals surface area contributed by atoms with E-state index in [0.717, 1.165) is 0 Å². The molecule has 0 amide bonds. The average Bonchev–Trinajstić information content (AvgIpc) is 2.78. The molecule has 2 N–H and O–H groups in total. The van der Waals surface area contributed by atoms with Crippen molar-refractivity contribution in [2.75, 3.05) is 13.7 Å². The van der Waals surface area contributed by atoms with Crippen LogP contribution in [0.4, 0.5) is 0 Å². The third-order valence-electron chi connectivity index (χ3n) is 3.07. The van der Waals surface area contributed by atoms with E-state index in [1.165, 1.54) is 7.11 Å². The van der Waals surface area contributed by atoms with Crippen LogP contribution in [0.25, 0.3) is 0 Å². The molecule has 0 bridgehead atoms. The first kappa shape index (κ1) is 11.8. The Kier molecular flexibility index (Phi) is 3.44. The van der Waals surface area contributed by atoms with Gasteiger partial charge in [-0.25, -0.2) is 0 Å². The molecule has 2 fully saturated rings. The van der Waals surface area contributed by atoms with Crippen molar-refractivity contribution in [2.45, 2.75) is 43.4 Å². The fourth-order valence-corrected chi connectivity index (χ4v) is 2.17. The van der Waals surface area contributed by atoms with Crippen molar-refractivity contribution >= 4 is 5.97 Å². The fraction of sp³-hybridized carbons (Fsp3) is 0.900. The van der Waals surface area contributed by atoms with Gasteiger partial charge in [-0.2, -0.15) is 0 Å². The highest BCUT2D eigenvalue weighted by molar-refractivity contribution is 5.69. The van der Waals surface area contributed by atoms with E-state index in [-0.39, 0.29) is 19.0 Å². The quantitative estimate of drug-likeness (QED) is 0.596. The zero-order chi connectivity index (χ0) is 11.7. The van der Waals surface area contributed by atoms with Crippen molar-refractivity contribution < 1.29 is 29.2 Å². The van der Waals surface area contributed by atoms with Crippen molar-refractivity contribution in [1.82, 2.24) is 0 Å². The molecule has 1 unspecified atom stereocenters. The molecular weight excluding hydrogens is 216 g/mol. The molecule has 2 aliphatic rings. The first-order valence-electron chi connectivity index (χ1n) is 5.33. The van der Waals surface area contributed by atoms with Crippen LogP contribution in [0.15, 0.2) is 0 Å². The lowest BCUT2D eigenvalue weighted by atomic mass is 10.0. The molecule has 2 saturated heterocycles. The zero-order valence-electron chi connectivity index (χ0n) is 9.04. The summed E-state index contributed by atoms with van der Waals surface area (Å²) >= 11 is 0. The largest absolute Gasteiger partial charge is 0.469 e. The second kappa shape index (κ2) is 4.67. The number of ether oxygens (including phenoxy) is 3. The summed E-state index contributed by atoms with van der Waals surface area (Å²) in [5.41, 5.74) is 0. The normalized spacial score (nSPS) is 42.1. The minimum absolute atomic E-state index is 0.188. The van der Waals surface area contributed by atoms with Gasteiger partial charge in [-0.1, -0.05) is 0 Å². The predicted molar refractivity (Wildman–Crippen MR) is 51.7 cm³/mol. The van der Waals surface area contributed by atoms with Crippen molar-refractivity contribution in [1.29, 1.82) is 0 Å². The Morgan fingerprint density at radius 2 is 2.19 bits per heavy atom. The maximum Gasteiger partial charge on any atom is 0.305 e. The highest BCUT2D eigenvalue weighted by Crippen LogP contribution is 2.33. The average molecular weight is 232 g/mol. The van der Waals surface area contributed by atoms with Crippen LogP contribution in [0.3, 0.4) is 0 Å². The van der Waals surface area contributed by atoms with Crippen LogP contribution in [0.1, 0.15) is 12.8 Å². The standard InChI is InChI=1S/C10H16O6/c1-14-7(12)3-2-6-8(13)10-9(16-6)5(11)4-15-10/h5-6,8-11,13H,2-4H2,1H3/t5-,6?,8-,9-,10-/m1/s1. The van der Waals surface area contributed by atoms with Gasteiger partial charge in [-0.15, -0.1) is 0 Å². The maximum atomic E-state index is 10.9. The molecule has 0 aromatic carbocycles. The first-order chi connectivity index (χ1) is 7.63. The van der Waals surface area contributed by atoms with Crippen LogP contribution in [-0.2, 0) is 19.0 Å². The summed E-state index contributed by atoms with van der Waals surface area (Å²) in [6.45, 7) is 0.191. The molecule has 16 heavy (non-hydrogen) atoms. The molecule has 0 aromatic rings. The van der Waals surface area contributed by atoms with Crippen molar-refractivity contribution in [2.24, 2.45) is 0 Å². The highest BCUT2D eigenvalue weighted by Gasteiger charge is 2.51. The number of hydrogen-bond donors (Lipinski definition) is 2. The van der Waals surface area contributed by atoms with Crippen molar-refractivity contribution in [3.05, 3.63) is 0 Å². The van der Waals surface area contributed by atoms with E-state index >= 15 is 0 Å². The first-order valence-corrected chi connectivity index (χ1v) is 5.33. The second-order valence-corrected chi connectivity index (χ2v) is 4.11. The molecule has 0 saturated carbocycles. The van der Waals surface area contributed by atoms with E-state index < -0.39 is 30.5 Å². The van der Waals surface area contributed by atoms with E-state index in [4.69, 9.17) is 9.47 Å². The summed E-state index contributed by atoms with van der Waals surface area (Å²) < 4.78 is 15.2. The number of esters is 1. The van der Waals surface area contributed by atoms with Crippen molar-refractivity contribution in [3.8, 4) is 0 Å². The van der Waals surface area contributed by atoms with Crippen LogP contribution in [0.5, 0.6) is 0 Å². The van der Waals surface area contributed by atoms with Crippen LogP contribution < -0.4 is 0 Å². The molecule has 0 spiro atoms. The topological polar surface area (TPSA) is 85.2 Å². The van der Waals surface area contributed by atoms with Gasteiger partial charge in [0.2, 0.25) is 0 Å². The number of aliphatic hydroxyl groups excluding tert-OH is 2. The number of carbonyl (C=O) groups is 1. The number of aliphatic hydroxyl groups is 2. The number of fused-ring (bicyclic) bond motifs is 1. The third-order valence-corrected chi connectivity index (χ3v) is 3.07. The van der Waals surface area contributed by atoms with Gasteiger partial charge in [-0.3, -0.25) is 4.79 Å². The van der Waals surface area contributed by atoms with Crippen LogP contribution >= 0.6 is 0 Å². The van der Waals surface area contributed by atoms with E-state index in [9.17, 15) is 15.0 Å². The lowest BCUT2D eigenvalue weighted by Gasteiger charge is -2.16. The van der Waals surface area contributed by atoms with Gasteiger partial charge in [0.1, 0.15) is 24.4 Å². The summed E-state index contributed by atoms with van der Waals surface area (Å²) in [5.74, 6) is -0.339. The molecule has 6 nitrogen and oxygen atoms in total. The molecule has 2 heterocycles. The minimum atomic E-state index is -0.785. The van der Waals surface area contributed by atoms with Crippen molar-refractivity contribution in [3.63, 3.8) is 0 Å². The summed E-state index contributed by atoms with van der Waals surface area (Å²) in [6.07, 6.45) is -2.33. The van der Waals surface area contributed by atoms with Gasteiger partial charge in [0.25, 0.3) is 0 Å². The number of rotatable bonds is 3. The van der Waals surface area contributed by atoms with E-state index in [0.29, 0.717) is 6.42 Å². The Hall–Kier alpha value is -0.690. The smallest absolute Gasteiger partial charge is 0.305 e. The molecule has 0 aromatic heterocycles. The monoisotopic (exact) mass is 232 g/mol. The third kappa shape index (κ3) is 2.06. The van der Waals surface area contributed by atoms with E-state index in [2.05, 4.69) is 4.74 Å². The Morgan fingerprint density at radius 3 is 2.81 bits per heavy atom. The van der Waals surface area contributed by atoms with Gasteiger partial charge in [0.15, 0.2) is 0 Å². The molecule has 2 rings (SSSR count). The second-order valence-electron chi connectivity index (χ2n) is 4.11. The SMILES string of the molecule is COC(=O)CCC1O[C@H]2[C@H](OC[C@H]2O)[C@@H]1O. The van der Waals surface area contributed by atoms with E-state index in [1.54, 1.807) is 0 Å². The lowest BCUT2D eigenvalue weighted by molar-refractivity contribution is -0.141. The molecule has 2 aliphatic heterocycles. The zero-order valence-corrected chi connectivity index (χ0v) is 9.04. The summed E-state index contributed by atoms with van der Waals surface area (Å²) in [7, 11) is 1.32. The van der Waals surface area contributed by atoms with Gasteiger partial charge < -0.3 is 24.4 Å². The van der Waals surface area contributed by atoms with Crippen LogP contribution in [0.2, 0.25) is 0 Å². The number of carbonyl (C=O) groups excluding carboxylic acids is 1. The van der Waals surface area contributed by atoms with Crippen LogP contribution in [-0.4, -0.2) is 60.4 Å². The molecule has 92 valence electrons. The van der Waals surface area contributed by atoms with Gasteiger partial charge in [0, 0.05) is 6.42 Å². The maximum absolute atomic E-state index is 10.9. The molecule has 5 atom stereocenters. The lowest BCUT2D eigenvalue weighted by Crippen LogP contribution is -2.32. The minimum Gasteiger partial charge on any atom is -0.469 e. The van der Waals surface area contributed by atoms with Crippen LogP contribution in [0, 0.1) is 0 Å². The summed E-state index contributed by atoms with van der Waals surface area (Å²) in [4.78, 5) is 10.9. The predicted octanol–water partition coefficient (Wildman–Crippen LogP) is -1.17. The highest BCUT2D eigenvalue weighted by atomic mass is 16.6. The van der Waals surface area contributed by atoms with Gasteiger partial charge >= 0.3 is 5.97 Å². The van der Waals surface area contributed by atoms with Gasteiger partial charge in [-0.05, 0) is 6.42 Å². The Morgan fingerprint density at radius 1 is 1.44 bits per heavy atom. The molecular formula is C10H16O6. The number of hydrogen-bond acceptors (Lipinski definition) is 6. The Bertz CT molecular complexity index is 268. The summed E-state index contributed by atoms with van der Waals surface area (Å²) in [6, 6.07) is 0. The molecule has 0 aliphatic carbocycles. The number of methoxy groups -OCH3 is 1. The van der Waals surface area contributed by atoms with E-state index in [1.807, 2.05) is 0 Å². The fourth-order valence-electron chi connectivity index (χ4n) is 2.17. The molecule has 6 heteroatoms. The molecule has 0 radical (unpaired) electrons.